The van der Waals surface area contributed by atoms with Gasteiger partial charge >= 0.3 is 0 Å². The van der Waals surface area contributed by atoms with Crippen molar-refractivity contribution in [3.8, 4) is 0 Å². The number of thiophene rings is 1. The minimum absolute atomic E-state index is 0.187. The second-order valence-corrected chi connectivity index (χ2v) is 6.16. The molecule has 8 heteroatoms. The first-order chi connectivity index (χ1) is 10.7. The van der Waals surface area contributed by atoms with Gasteiger partial charge in [0.05, 0.1) is 12.0 Å². The molecular weight excluding hydrogens is 329 g/mol. The summed E-state index contributed by atoms with van der Waals surface area (Å²) in [6.45, 7) is 3.45. The van der Waals surface area contributed by atoms with E-state index >= 15 is 0 Å². The molecule has 0 fully saturated rings. The van der Waals surface area contributed by atoms with Gasteiger partial charge in [0, 0.05) is 16.5 Å². The topological polar surface area (TPSA) is 72.2 Å². The lowest BCUT2D eigenvalue weighted by atomic mass is 10.1. The molecule has 122 valence electrons. The van der Waals surface area contributed by atoms with Gasteiger partial charge in [-0.25, -0.2) is 13.2 Å². The molecule has 0 aliphatic carbocycles. The number of aryl methyl sites for hydroxylation is 1. The fraction of sp³-hybridized carbons (Fsp3) is 0.200. The van der Waals surface area contributed by atoms with Crippen molar-refractivity contribution in [2.45, 2.75) is 20.3 Å². The number of hydrogen-bond acceptors (Lipinski definition) is 3. The van der Waals surface area contributed by atoms with Crippen molar-refractivity contribution >= 4 is 28.2 Å². The molecule has 0 aliphatic heterocycles. The van der Waals surface area contributed by atoms with Crippen LogP contribution in [0.5, 0.6) is 0 Å². The van der Waals surface area contributed by atoms with Crippen LogP contribution in [-0.2, 0) is 11.2 Å². The minimum atomic E-state index is -1.33. The average molecular weight is 342 g/mol. The summed E-state index contributed by atoms with van der Waals surface area (Å²) in [7, 11) is 0. The number of anilines is 1. The Morgan fingerprint density at radius 3 is 2.35 bits per heavy atom. The van der Waals surface area contributed by atoms with Gasteiger partial charge in [-0.3, -0.25) is 9.59 Å². The van der Waals surface area contributed by atoms with Gasteiger partial charge in [0.2, 0.25) is 5.91 Å². The second-order valence-electron chi connectivity index (χ2n) is 4.93. The number of hydrogen-bond donors (Lipinski definition) is 2. The number of carbonyl (C=O) groups excluding carboxylic acids is 2. The largest absolute Gasteiger partial charge is 0.365 e. The quantitative estimate of drug-likeness (QED) is 0.838. The molecule has 2 rings (SSSR count). The van der Waals surface area contributed by atoms with Crippen molar-refractivity contribution in [3.05, 3.63) is 51.2 Å². The Morgan fingerprint density at radius 1 is 1.13 bits per heavy atom. The van der Waals surface area contributed by atoms with Crippen molar-refractivity contribution in [2.24, 2.45) is 5.73 Å². The Hall–Kier alpha value is -2.35. The Labute approximate surface area is 134 Å². The first-order valence-electron chi connectivity index (χ1n) is 6.53. The van der Waals surface area contributed by atoms with Crippen molar-refractivity contribution in [3.63, 3.8) is 0 Å². The summed E-state index contributed by atoms with van der Waals surface area (Å²) in [5.74, 6) is -4.95. The van der Waals surface area contributed by atoms with Crippen LogP contribution in [0.1, 0.15) is 26.4 Å². The van der Waals surface area contributed by atoms with Crippen LogP contribution in [0.3, 0.4) is 0 Å². The summed E-state index contributed by atoms with van der Waals surface area (Å²) < 4.78 is 39.5. The van der Waals surface area contributed by atoms with Gasteiger partial charge in [-0.15, -0.1) is 11.3 Å². The van der Waals surface area contributed by atoms with Gasteiger partial charge in [-0.2, -0.15) is 0 Å². The number of halogens is 3. The van der Waals surface area contributed by atoms with Gasteiger partial charge in [-0.1, -0.05) is 0 Å². The lowest BCUT2D eigenvalue weighted by Crippen LogP contribution is -2.19. The van der Waals surface area contributed by atoms with E-state index in [1.807, 2.05) is 0 Å². The monoisotopic (exact) mass is 342 g/mol. The molecule has 0 saturated carbocycles. The fourth-order valence-corrected chi connectivity index (χ4v) is 3.14. The normalized spacial score (nSPS) is 10.7. The Balaban J connectivity index is 2.23. The maximum absolute atomic E-state index is 13.5. The van der Waals surface area contributed by atoms with Crippen molar-refractivity contribution in [2.75, 3.05) is 5.32 Å². The highest BCUT2D eigenvalue weighted by Gasteiger charge is 2.20. The number of nitrogens with one attached hydrogen (secondary N) is 1. The van der Waals surface area contributed by atoms with Gasteiger partial charge < -0.3 is 11.1 Å². The summed E-state index contributed by atoms with van der Waals surface area (Å²) in [6, 6.07) is 1.01. The van der Waals surface area contributed by atoms with E-state index in [2.05, 4.69) is 5.32 Å². The number of carbonyl (C=O) groups is 2. The van der Waals surface area contributed by atoms with Crippen LogP contribution >= 0.6 is 11.3 Å². The van der Waals surface area contributed by atoms with E-state index in [0.29, 0.717) is 17.7 Å². The molecule has 3 N–H and O–H groups in total. The highest BCUT2D eigenvalue weighted by Crippen LogP contribution is 2.32. The smallest absolute Gasteiger partial charge is 0.251 e. The van der Waals surface area contributed by atoms with E-state index in [-0.39, 0.29) is 16.1 Å². The molecule has 1 heterocycles. The zero-order chi connectivity index (χ0) is 17.3. The molecule has 0 bridgehead atoms. The number of amides is 2. The van der Waals surface area contributed by atoms with Crippen LogP contribution in [0.2, 0.25) is 0 Å². The predicted molar refractivity (Wildman–Crippen MR) is 81.0 cm³/mol. The molecule has 1 aromatic carbocycles. The Morgan fingerprint density at radius 2 is 1.74 bits per heavy atom. The van der Waals surface area contributed by atoms with Gasteiger partial charge in [0.1, 0.15) is 10.8 Å². The molecule has 2 amide bonds. The van der Waals surface area contributed by atoms with Gasteiger partial charge in [0.25, 0.3) is 5.91 Å². The molecule has 0 saturated heterocycles. The van der Waals surface area contributed by atoms with Gasteiger partial charge in [0.15, 0.2) is 11.6 Å². The van der Waals surface area contributed by atoms with Crippen molar-refractivity contribution in [1.82, 2.24) is 0 Å². The first-order valence-corrected chi connectivity index (χ1v) is 7.35. The standard InChI is InChI=1S/C15H13F3N2O2S/c1-6-7(2)23-15(13(6)14(19)22)20-12(21)4-8-3-10(17)11(18)5-9(8)16/h3,5H,4H2,1-2H3,(H2,19,22)(H,20,21). The maximum atomic E-state index is 13.5. The zero-order valence-electron chi connectivity index (χ0n) is 12.3. The summed E-state index contributed by atoms with van der Waals surface area (Å²) in [6.07, 6.45) is -0.503. The third kappa shape index (κ3) is 3.53. The number of rotatable bonds is 4. The summed E-state index contributed by atoms with van der Waals surface area (Å²) in [5, 5.41) is 2.71. The lowest BCUT2D eigenvalue weighted by molar-refractivity contribution is -0.115. The number of nitrogens with two attached hydrogens (primary N) is 1. The highest BCUT2D eigenvalue weighted by molar-refractivity contribution is 7.16. The Bertz CT molecular complexity index is 803. The average Bonchev–Trinajstić information content (AvgIpc) is 2.70. The van der Waals surface area contributed by atoms with Crippen LogP contribution in [0.25, 0.3) is 0 Å². The van der Waals surface area contributed by atoms with Crippen LogP contribution in [0.4, 0.5) is 18.2 Å². The number of primary amides is 1. The molecule has 0 unspecified atom stereocenters. The van der Waals surface area contributed by atoms with E-state index in [1.54, 1.807) is 13.8 Å². The van der Waals surface area contributed by atoms with Crippen LogP contribution in [0.15, 0.2) is 12.1 Å². The molecule has 23 heavy (non-hydrogen) atoms. The number of benzene rings is 1. The lowest BCUT2D eigenvalue weighted by Gasteiger charge is -2.07. The van der Waals surface area contributed by atoms with E-state index < -0.39 is 35.7 Å². The third-order valence-corrected chi connectivity index (χ3v) is 4.45. The second kappa shape index (κ2) is 6.41. The SMILES string of the molecule is Cc1sc(NC(=O)Cc2cc(F)c(F)cc2F)c(C(N)=O)c1C. The molecule has 2 aromatic rings. The summed E-state index contributed by atoms with van der Waals surface area (Å²) in [5.41, 5.74) is 5.83. The fourth-order valence-electron chi connectivity index (χ4n) is 2.05. The maximum Gasteiger partial charge on any atom is 0.251 e. The van der Waals surface area contributed by atoms with E-state index in [4.69, 9.17) is 5.73 Å². The molecular formula is C15H13F3N2O2S. The molecule has 0 atom stereocenters. The summed E-state index contributed by atoms with van der Waals surface area (Å²) in [4.78, 5) is 24.2. The minimum Gasteiger partial charge on any atom is -0.365 e. The zero-order valence-corrected chi connectivity index (χ0v) is 13.1. The van der Waals surface area contributed by atoms with Gasteiger partial charge in [-0.05, 0) is 25.5 Å². The van der Waals surface area contributed by atoms with Crippen LogP contribution in [0, 0.1) is 31.3 Å². The molecule has 0 aliphatic rings. The molecule has 4 nitrogen and oxygen atoms in total. The first kappa shape index (κ1) is 17.0. The van der Waals surface area contributed by atoms with Crippen LogP contribution in [-0.4, -0.2) is 11.8 Å². The van der Waals surface area contributed by atoms with Crippen molar-refractivity contribution in [1.29, 1.82) is 0 Å². The molecule has 1 aromatic heterocycles. The van der Waals surface area contributed by atoms with E-state index in [1.165, 1.54) is 0 Å². The predicted octanol–water partition coefficient (Wildman–Crippen LogP) is 3.06. The highest BCUT2D eigenvalue weighted by atomic mass is 32.1. The van der Waals surface area contributed by atoms with E-state index in [0.717, 1.165) is 16.2 Å². The third-order valence-electron chi connectivity index (χ3n) is 3.32. The summed E-state index contributed by atoms with van der Waals surface area (Å²) >= 11 is 1.16. The van der Waals surface area contributed by atoms with Crippen LogP contribution < -0.4 is 11.1 Å². The van der Waals surface area contributed by atoms with E-state index in [9.17, 15) is 22.8 Å². The molecule has 0 spiro atoms. The Kier molecular flexibility index (Phi) is 4.74. The van der Waals surface area contributed by atoms with Crippen molar-refractivity contribution < 1.29 is 22.8 Å². The molecule has 0 radical (unpaired) electrons.